The number of nitrogens with zero attached hydrogens (tertiary/aromatic N) is 10. The van der Waals surface area contributed by atoms with E-state index in [0.717, 1.165) is 24.3 Å². The highest BCUT2D eigenvalue weighted by atomic mass is 19.4. The van der Waals surface area contributed by atoms with Gasteiger partial charge in [-0.25, -0.2) is 0 Å². The van der Waals surface area contributed by atoms with Gasteiger partial charge in [0, 0.05) is 44.5 Å². The Morgan fingerprint density at radius 1 is 0.426 bits per heavy atom. The van der Waals surface area contributed by atoms with E-state index in [9.17, 15) is 79.0 Å². The lowest BCUT2D eigenvalue weighted by molar-refractivity contribution is -0.138. The Hall–Kier alpha value is -8.90. The summed E-state index contributed by atoms with van der Waals surface area (Å²) in [5.41, 5.74) is -14.8. The Labute approximate surface area is 299 Å². The normalized spacial score (nSPS) is 12.6. The summed E-state index contributed by atoms with van der Waals surface area (Å²) in [4.78, 5) is 0. The molecule has 0 amide bonds. The van der Waals surface area contributed by atoms with Crippen molar-refractivity contribution in [3.63, 3.8) is 0 Å². The lowest BCUT2D eigenvalue weighted by atomic mass is 9.82. The summed E-state index contributed by atoms with van der Waals surface area (Å²) >= 11 is 0. The molecule has 0 heterocycles. The zero-order valence-corrected chi connectivity index (χ0v) is 26.2. The van der Waals surface area contributed by atoms with Crippen molar-refractivity contribution in [2.45, 2.75) is 12.4 Å². The molecule has 0 aromatic heterocycles. The first-order valence-electron chi connectivity index (χ1n) is 14.3. The van der Waals surface area contributed by atoms with Crippen LogP contribution in [0.2, 0.25) is 0 Å². The molecule has 5 rings (SSSR count). The Balaban J connectivity index is 2.09. The van der Waals surface area contributed by atoms with Crippen LogP contribution in [0.3, 0.4) is 0 Å². The van der Waals surface area contributed by atoms with Crippen LogP contribution in [-0.4, -0.2) is 0 Å². The summed E-state index contributed by atoms with van der Waals surface area (Å²) in [5, 5.41) is 101. The lowest BCUT2D eigenvalue weighted by Crippen LogP contribution is -2.08. The van der Waals surface area contributed by atoms with E-state index in [4.69, 9.17) is 0 Å². The second-order valence-electron chi connectivity index (χ2n) is 10.9. The van der Waals surface area contributed by atoms with Gasteiger partial charge in [0.15, 0.2) is 0 Å². The maximum absolute atomic E-state index is 14.1. The zero-order chi connectivity index (χ0) is 39.9. The topological polar surface area (TPSA) is 238 Å². The van der Waals surface area contributed by atoms with Crippen molar-refractivity contribution in [2.75, 3.05) is 0 Å². The molecular weight excluding hydrogens is 710 g/mol. The Morgan fingerprint density at radius 3 is 1.00 bits per heavy atom. The second kappa shape index (κ2) is 13.1. The average Bonchev–Trinajstić information content (AvgIpc) is 3.67. The summed E-state index contributed by atoms with van der Waals surface area (Å²) in [6.07, 6.45) is -10.3. The third kappa shape index (κ3) is 5.21. The van der Waals surface area contributed by atoms with E-state index in [0.29, 0.717) is 12.1 Å². The number of halogens is 6. The van der Waals surface area contributed by atoms with Crippen molar-refractivity contribution >= 4 is 33.4 Å². The molecule has 2 aliphatic rings. The van der Waals surface area contributed by atoms with Crippen molar-refractivity contribution in [1.29, 1.82) is 52.6 Å². The molecule has 3 aromatic carbocycles. The molecule has 16 heteroatoms. The summed E-state index contributed by atoms with van der Waals surface area (Å²) in [6, 6.07) is 20.2. The highest BCUT2D eigenvalue weighted by molar-refractivity contribution is 6.32. The minimum Gasteiger partial charge on any atom is -0.192 e. The number of allylic oxidation sites excluding steroid dienone is 8. The first-order chi connectivity index (χ1) is 25.7. The summed E-state index contributed by atoms with van der Waals surface area (Å²) < 4.78 is 84.6. The number of alkyl halides is 6. The highest BCUT2D eigenvalue weighted by Gasteiger charge is 2.45. The van der Waals surface area contributed by atoms with Crippen molar-refractivity contribution < 1.29 is 26.3 Å². The van der Waals surface area contributed by atoms with Crippen LogP contribution in [-0.2, 0) is 12.4 Å². The molecule has 3 aromatic rings. The van der Waals surface area contributed by atoms with Gasteiger partial charge in [0.25, 0.3) is 0 Å². The van der Waals surface area contributed by atoms with Crippen LogP contribution in [0.5, 0.6) is 0 Å². The first kappa shape index (κ1) is 36.4. The molecule has 250 valence electrons. The van der Waals surface area contributed by atoms with E-state index < -0.39 is 124 Å². The van der Waals surface area contributed by atoms with Crippen LogP contribution in [0.25, 0.3) is 33.4 Å². The van der Waals surface area contributed by atoms with Crippen molar-refractivity contribution in [2.24, 2.45) is 0 Å². The van der Waals surface area contributed by atoms with Crippen LogP contribution < -0.4 is 0 Å². The van der Waals surface area contributed by atoms with Crippen LogP contribution in [0.15, 0.2) is 47.5 Å². The minimum atomic E-state index is -5.14. The van der Waals surface area contributed by atoms with E-state index in [2.05, 4.69) is 0 Å². The second-order valence-corrected chi connectivity index (χ2v) is 10.9. The molecule has 0 bridgehead atoms. The van der Waals surface area contributed by atoms with Crippen LogP contribution in [0, 0.1) is 113 Å². The van der Waals surface area contributed by atoms with Gasteiger partial charge in [-0.1, -0.05) is 12.1 Å². The lowest BCUT2D eigenvalue weighted by Gasteiger charge is -2.16. The monoisotopic (exact) mass is 716 g/mol. The van der Waals surface area contributed by atoms with E-state index in [1.165, 1.54) is 12.1 Å². The number of hydrogen-bond acceptors (Lipinski definition) is 10. The van der Waals surface area contributed by atoms with Gasteiger partial charge in [-0.2, -0.15) is 79.0 Å². The fourth-order valence-corrected chi connectivity index (χ4v) is 6.36. The average molecular weight is 717 g/mol. The predicted molar refractivity (Wildman–Crippen MR) is 169 cm³/mol. The van der Waals surface area contributed by atoms with Crippen LogP contribution in [0.1, 0.15) is 66.8 Å². The van der Waals surface area contributed by atoms with E-state index >= 15 is 0 Å². The largest absolute Gasteiger partial charge is 0.417 e. The third-order valence-corrected chi connectivity index (χ3v) is 8.36. The molecule has 0 radical (unpaired) electrons. The Kier molecular flexibility index (Phi) is 8.82. The van der Waals surface area contributed by atoms with E-state index in [1.807, 2.05) is 0 Å². The number of fused-ring (bicyclic) bond motifs is 2. The quantitative estimate of drug-likeness (QED) is 0.185. The minimum absolute atomic E-state index is 0.450. The van der Waals surface area contributed by atoms with E-state index in [-0.39, 0.29) is 0 Å². The first-order valence-corrected chi connectivity index (χ1v) is 14.3. The van der Waals surface area contributed by atoms with Crippen LogP contribution in [0.4, 0.5) is 26.3 Å². The zero-order valence-electron chi connectivity index (χ0n) is 26.2. The molecule has 0 saturated heterocycles. The Bertz CT molecular complexity index is 2670. The van der Waals surface area contributed by atoms with Crippen molar-refractivity contribution in [3.05, 3.63) is 114 Å². The Morgan fingerprint density at radius 2 is 0.759 bits per heavy atom. The van der Waals surface area contributed by atoms with Gasteiger partial charge in [0.2, 0.25) is 0 Å². The van der Waals surface area contributed by atoms with Gasteiger partial charge in [0.1, 0.15) is 59.7 Å². The maximum Gasteiger partial charge on any atom is 0.417 e. The molecule has 10 nitrogen and oxygen atoms in total. The van der Waals surface area contributed by atoms with Gasteiger partial charge in [-0.05, 0) is 35.4 Å². The number of rotatable bonds is 2. The molecule has 0 atom stereocenters. The highest BCUT2D eigenvalue weighted by Crippen LogP contribution is 2.58. The fraction of sp³-hybridized carbons (Fsp3) is 0.0526. The van der Waals surface area contributed by atoms with Crippen molar-refractivity contribution in [1.82, 2.24) is 0 Å². The summed E-state index contributed by atoms with van der Waals surface area (Å²) in [5.74, 6) is 0. The smallest absolute Gasteiger partial charge is 0.192 e. The van der Waals surface area contributed by atoms with Gasteiger partial charge < -0.3 is 0 Å². The molecule has 0 fully saturated rings. The molecule has 0 aliphatic heterocycles. The standard InChI is InChI=1S/C38H6F6N10/c39-37(40,41)27-5-17(1-3-19(27)7-45)29-23(13-51)33-25(15-53)36-32(22(11-49)12-50)30(18-2-4-20(8-46)28(6-18)38(42,43)44)24(14-52)34(36)26(16-54)35(33)31(29)21(9-47)10-48/h1-6H. The van der Waals surface area contributed by atoms with Gasteiger partial charge in [0.05, 0.1) is 56.7 Å². The molecule has 0 N–H and O–H groups in total. The fourth-order valence-electron chi connectivity index (χ4n) is 6.36. The predicted octanol–water partition coefficient (Wildman–Crippen LogP) is 7.71. The molecular formula is C38H6F6N10. The van der Waals surface area contributed by atoms with Crippen molar-refractivity contribution in [3.8, 4) is 60.7 Å². The molecule has 54 heavy (non-hydrogen) atoms. The SMILES string of the molecule is N#CC(C#N)=C1C(c2ccc(C#N)c(C(F)(F)F)c2)=C(C#N)c2c(C#N)c3c(c(C#N)c21)C(C#N)=C(c1ccc(C#N)c(C(F)(F)F)c1)C3=C(C#N)C#N. The number of benzene rings is 3. The van der Waals surface area contributed by atoms with Crippen LogP contribution >= 0.6 is 0 Å². The maximum atomic E-state index is 14.1. The van der Waals surface area contributed by atoms with Gasteiger partial charge in [-0.3, -0.25) is 0 Å². The molecule has 0 spiro atoms. The third-order valence-electron chi connectivity index (χ3n) is 8.36. The molecule has 0 saturated carbocycles. The number of hydrogen-bond donors (Lipinski definition) is 0. The molecule has 2 aliphatic carbocycles. The summed E-state index contributed by atoms with van der Waals surface area (Å²) in [7, 11) is 0. The summed E-state index contributed by atoms with van der Waals surface area (Å²) in [6.45, 7) is 0. The number of nitriles is 10. The van der Waals surface area contributed by atoms with Gasteiger partial charge in [-0.15, -0.1) is 0 Å². The van der Waals surface area contributed by atoms with Gasteiger partial charge >= 0.3 is 12.4 Å². The van der Waals surface area contributed by atoms with E-state index in [1.54, 1.807) is 48.6 Å². The molecule has 0 unspecified atom stereocenters.